The third-order valence-corrected chi connectivity index (χ3v) is 4.03. The summed E-state index contributed by atoms with van der Waals surface area (Å²) >= 11 is 6.31. The van der Waals surface area contributed by atoms with Crippen molar-refractivity contribution in [3.8, 4) is 17.1 Å². The molecule has 5 nitrogen and oxygen atoms in total. The first-order chi connectivity index (χ1) is 10.8. The molecule has 0 saturated carbocycles. The van der Waals surface area contributed by atoms with Crippen molar-refractivity contribution in [1.29, 1.82) is 0 Å². The van der Waals surface area contributed by atoms with Crippen LogP contribution in [0.2, 0.25) is 5.02 Å². The Morgan fingerprint density at radius 2 is 1.91 bits per heavy atom. The number of aliphatic hydroxyl groups excluding tert-OH is 1. The second-order valence-electron chi connectivity index (χ2n) is 5.88. The molecule has 120 valence electrons. The molecule has 0 spiro atoms. The van der Waals surface area contributed by atoms with Crippen LogP contribution in [-0.4, -0.2) is 31.4 Å². The van der Waals surface area contributed by atoms with E-state index in [4.69, 9.17) is 11.6 Å². The minimum absolute atomic E-state index is 0.221. The SMILES string of the molecule is CC(C)(CO)n1c(O)nc2ncc(Cl)c(-c3ccc(F)cc3)c21. The molecule has 2 N–H and O–H groups in total. The van der Waals surface area contributed by atoms with Gasteiger partial charge in [0.1, 0.15) is 11.3 Å². The summed E-state index contributed by atoms with van der Waals surface area (Å²) < 4.78 is 14.7. The van der Waals surface area contributed by atoms with E-state index in [1.54, 1.807) is 26.0 Å². The van der Waals surface area contributed by atoms with Crippen LogP contribution in [0.4, 0.5) is 4.39 Å². The molecular formula is C16H15ClFN3O2. The molecular weight excluding hydrogens is 321 g/mol. The number of hydrogen-bond acceptors (Lipinski definition) is 4. The highest BCUT2D eigenvalue weighted by Crippen LogP contribution is 2.38. The first kappa shape index (κ1) is 15.7. The molecule has 0 fully saturated rings. The number of aromatic hydroxyl groups is 1. The number of hydrogen-bond donors (Lipinski definition) is 2. The van der Waals surface area contributed by atoms with Crippen molar-refractivity contribution in [3.05, 3.63) is 41.3 Å². The van der Waals surface area contributed by atoms with Gasteiger partial charge in [-0.25, -0.2) is 9.37 Å². The quantitative estimate of drug-likeness (QED) is 0.770. The molecule has 1 aromatic carbocycles. The van der Waals surface area contributed by atoms with Crippen molar-refractivity contribution in [2.45, 2.75) is 19.4 Å². The van der Waals surface area contributed by atoms with Crippen LogP contribution in [-0.2, 0) is 5.54 Å². The molecule has 0 unspecified atom stereocenters. The number of fused-ring (bicyclic) bond motifs is 1. The molecule has 3 rings (SSSR count). The minimum Gasteiger partial charge on any atom is -0.480 e. The number of halogens is 2. The van der Waals surface area contributed by atoms with E-state index < -0.39 is 5.54 Å². The molecule has 7 heteroatoms. The number of aliphatic hydroxyl groups is 1. The lowest BCUT2D eigenvalue weighted by atomic mass is 10.0. The Balaban J connectivity index is 2.41. The lowest BCUT2D eigenvalue weighted by molar-refractivity contribution is 0.157. The average Bonchev–Trinajstić information content (AvgIpc) is 2.85. The Bertz CT molecular complexity index is 875. The Morgan fingerprint density at radius 3 is 2.52 bits per heavy atom. The lowest BCUT2D eigenvalue weighted by Gasteiger charge is -2.26. The van der Waals surface area contributed by atoms with Crippen LogP contribution in [0.25, 0.3) is 22.3 Å². The largest absolute Gasteiger partial charge is 0.480 e. The molecule has 0 aliphatic carbocycles. The third kappa shape index (κ3) is 2.54. The van der Waals surface area contributed by atoms with Crippen molar-refractivity contribution in [2.24, 2.45) is 0 Å². The average molecular weight is 336 g/mol. The van der Waals surface area contributed by atoms with E-state index >= 15 is 0 Å². The van der Waals surface area contributed by atoms with Crippen LogP contribution < -0.4 is 0 Å². The van der Waals surface area contributed by atoms with Gasteiger partial charge < -0.3 is 10.2 Å². The Morgan fingerprint density at radius 1 is 1.26 bits per heavy atom. The summed E-state index contributed by atoms with van der Waals surface area (Å²) in [5, 5.41) is 20.2. The van der Waals surface area contributed by atoms with E-state index in [0.29, 0.717) is 27.3 Å². The third-order valence-electron chi connectivity index (χ3n) is 3.74. The van der Waals surface area contributed by atoms with Crippen molar-refractivity contribution in [3.63, 3.8) is 0 Å². The zero-order chi connectivity index (χ0) is 16.8. The maximum absolute atomic E-state index is 13.2. The summed E-state index contributed by atoms with van der Waals surface area (Å²) in [6.45, 7) is 3.29. The summed E-state index contributed by atoms with van der Waals surface area (Å²) in [7, 11) is 0. The van der Waals surface area contributed by atoms with Crippen LogP contribution >= 0.6 is 11.6 Å². The van der Waals surface area contributed by atoms with Crippen molar-refractivity contribution < 1.29 is 14.6 Å². The lowest BCUT2D eigenvalue weighted by Crippen LogP contribution is -2.30. The molecule has 2 aromatic heterocycles. The predicted octanol–water partition coefficient (Wildman–Crippen LogP) is 3.32. The van der Waals surface area contributed by atoms with Crippen LogP contribution in [0.15, 0.2) is 30.5 Å². The molecule has 3 aromatic rings. The molecule has 0 amide bonds. The molecule has 0 aliphatic rings. The van der Waals surface area contributed by atoms with E-state index in [1.807, 2.05) is 0 Å². The molecule has 0 bridgehead atoms. The second-order valence-corrected chi connectivity index (χ2v) is 6.29. The number of pyridine rings is 1. The first-order valence-electron chi connectivity index (χ1n) is 6.98. The number of imidazole rings is 1. The fourth-order valence-corrected chi connectivity index (χ4v) is 2.79. The molecule has 2 heterocycles. The number of benzene rings is 1. The van der Waals surface area contributed by atoms with Gasteiger partial charge in [0.2, 0.25) is 0 Å². The van der Waals surface area contributed by atoms with E-state index in [9.17, 15) is 14.6 Å². The fourth-order valence-electron chi connectivity index (χ4n) is 2.54. The van der Waals surface area contributed by atoms with Crippen molar-refractivity contribution >= 4 is 22.8 Å². The molecule has 23 heavy (non-hydrogen) atoms. The van der Waals surface area contributed by atoms with Gasteiger partial charge in [0.25, 0.3) is 6.01 Å². The summed E-state index contributed by atoms with van der Waals surface area (Å²) in [5.74, 6) is -0.359. The monoisotopic (exact) mass is 335 g/mol. The van der Waals surface area contributed by atoms with Gasteiger partial charge in [-0.05, 0) is 31.5 Å². The van der Waals surface area contributed by atoms with Gasteiger partial charge in [-0.1, -0.05) is 23.7 Å². The maximum Gasteiger partial charge on any atom is 0.297 e. The van der Waals surface area contributed by atoms with E-state index in [2.05, 4.69) is 9.97 Å². The fraction of sp³-hybridized carbons (Fsp3) is 0.250. The number of nitrogens with zero attached hydrogens (tertiary/aromatic N) is 3. The topological polar surface area (TPSA) is 71.2 Å². The highest BCUT2D eigenvalue weighted by molar-refractivity contribution is 6.34. The smallest absolute Gasteiger partial charge is 0.297 e. The summed E-state index contributed by atoms with van der Waals surface area (Å²) in [5.41, 5.74) is 1.21. The van der Waals surface area contributed by atoms with Gasteiger partial charge >= 0.3 is 0 Å². The predicted molar refractivity (Wildman–Crippen MR) is 86.0 cm³/mol. The molecule has 0 radical (unpaired) electrons. The summed E-state index contributed by atoms with van der Waals surface area (Å²) in [6, 6.07) is 5.58. The maximum atomic E-state index is 13.2. The first-order valence-corrected chi connectivity index (χ1v) is 7.36. The normalized spacial score (nSPS) is 12.0. The van der Waals surface area contributed by atoms with Gasteiger partial charge in [0.15, 0.2) is 5.65 Å². The van der Waals surface area contributed by atoms with Crippen LogP contribution in [0.3, 0.4) is 0 Å². The van der Waals surface area contributed by atoms with E-state index in [1.165, 1.54) is 22.9 Å². The molecule has 0 saturated heterocycles. The van der Waals surface area contributed by atoms with Crippen LogP contribution in [0.1, 0.15) is 13.8 Å². The van der Waals surface area contributed by atoms with Crippen LogP contribution in [0.5, 0.6) is 6.01 Å². The van der Waals surface area contributed by atoms with Crippen molar-refractivity contribution in [2.75, 3.05) is 6.61 Å². The van der Waals surface area contributed by atoms with Gasteiger partial charge in [-0.15, -0.1) is 0 Å². The highest BCUT2D eigenvalue weighted by atomic mass is 35.5. The van der Waals surface area contributed by atoms with Crippen LogP contribution in [0, 0.1) is 5.82 Å². The second kappa shape index (κ2) is 5.47. The van der Waals surface area contributed by atoms with Gasteiger partial charge in [0.05, 0.1) is 17.2 Å². The Kier molecular flexibility index (Phi) is 3.74. The molecule has 0 atom stereocenters. The minimum atomic E-state index is -0.819. The highest BCUT2D eigenvalue weighted by Gasteiger charge is 2.28. The van der Waals surface area contributed by atoms with Gasteiger partial charge in [-0.3, -0.25) is 4.57 Å². The Hall–Kier alpha value is -2.18. The standard InChI is InChI=1S/C16H15ClFN3O2/c1-16(2,8-22)21-13-12(9-3-5-10(18)6-4-9)11(17)7-19-14(13)20-15(21)23/h3-7,22H,8H2,1-2H3,(H,19,20,23). The summed E-state index contributed by atoms with van der Waals surface area (Å²) in [6.07, 6.45) is 1.44. The molecule has 0 aliphatic heterocycles. The van der Waals surface area contributed by atoms with E-state index in [0.717, 1.165) is 0 Å². The zero-order valence-corrected chi connectivity index (χ0v) is 13.3. The Labute approximate surface area is 137 Å². The zero-order valence-electron chi connectivity index (χ0n) is 12.6. The van der Waals surface area contributed by atoms with Gasteiger partial charge in [-0.2, -0.15) is 4.98 Å². The van der Waals surface area contributed by atoms with Crippen molar-refractivity contribution in [1.82, 2.24) is 14.5 Å². The summed E-state index contributed by atoms with van der Waals surface area (Å²) in [4.78, 5) is 8.17. The number of rotatable bonds is 3. The van der Waals surface area contributed by atoms with E-state index in [-0.39, 0.29) is 18.4 Å². The van der Waals surface area contributed by atoms with Gasteiger partial charge in [0, 0.05) is 11.8 Å². The number of aromatic nitrogens is 3.